The largest absolute Gasteiger partial charge is 0.456 e. The summed E-state index contributed by atoms with van der Waals surface area (Å²) in [5.41, 5.74) is 6.76. The van der Waals surface area contributed by atoms with Crippen molar-refractivity contribution in [3.05, 3.63) is 70.7 Å². The number of esters is 1. The van der Waals surface area contributed by atoms with Crippen LogP contribution in [0.5, 0.6) is 0 Å². The van der Waals surface area contributed by atoms with Gasteiger partial charge in [0.25, 0.3) is 0 Å². The van der Waals surface area contributed by atoms with Crippen molar-refractivity contribution in [1.29, 1.82) is 0 Å². The third-order valence-corrected chi connectivity index (χ3v) is 3.86. The van der Waals surface area contributed by atoms with E-state index in [2.05, 4.69) is 5.32 Å². The van der Waals surface area contributed by atoms with Crippen LogP contribution in [0.1, 0.15) is 24.2 Å². The Bertz CT molecular complexity index is 706. The molecule has 2 aromatic rings. The van der Waals surface area contributed by atoms with Crippen LogP contribution in [-0.2, 0) is 16.0 Å². The first kappa shape index (κ1) is 17.8. The number of ether oxygens (including phenoxy) is 1. The highest BCUT2D eigenvalue weighted by Gasteiger charge is 2.24. The number of amides is 2. The minimum absolute atomic E-state index is 0.290. The van der Waals surface area contributed by atoms with Crippen LogP contribution in [-0.4, -0.2) is 18.0 Å². The first-order valence-corrected chi connectivity index (χ1v) is 7.90. The third kappa shape index (κ3) is 4.99. The van der Waals surface area contributed by atoms with Gasteiger partial charge in [-0.15, -0.1) is 0 Å². The molecule has 0 saturated carbocycles. The van der Waals surface area contributed by atoms with Gasteiger partial charge in [0.05, 0.1) is 0 Å². The number of rotatable bonds is 6. The molecule has 2 amide bonds. The molecule has 3 N–H and O–H groups in total. The van der Waals surface area contributed by atoms with Gasteiger partial charge in [0.1, 0.15) is 12.1 Å². The van der Waals surface area contributed by atoms with Crippen molar-refractivity contribution in [2.45, 2.75) is 25.5 Å². The summed E-state index contributed by atoms with van der Waals surface area (Å²) in [6, 6.07) is 14.8. The quantitative estimate of drug-likeness (QED) is 0.788. The van der Waals surface area contributed by atoms with E-state index in [4.69, 9.17) is 22.1 Å². The second kappa shape index (κ2) is 8.36. The van der Waals surface area contributed by atoms with Gasteiger partial charge in [-0.2, -0.15) is 0 Å². The summed E-state index contributed by atoms with van der Waals surface area (Å²) in [7, 11) is 0. The van der Waals surface area contributed by atoms with Gasteiger partial charge in [-0.1, -0.05) is 60.1 Å². The predicted octanol–water partition coefficient (Wildman–Crippen LogP) is 3.22. The molecule has 0 spiro atoms. The van der Waals surface area contributed by atoms with Crippen molar-refractivity contribution in [2.24, 2.45) is 5.73 Å². The van der Waals surface area contributed by atoms with Crippen molar-refractivity contribution in [2.75, 3.05) is 0 Å². The second-order valence-corrected chi connectivity index (χ2v) is 5.76. The van der Waals surface area contributed by atoms with Gasteiger partial charge in [0.2, 0.25) is 0 Å². The fourth-order valence-electron chi connectivity index (χ4n) is 2.34. The monoisotopic (exact) mass is 346 g/mol. The fourth-order valence-corrected chi connectivity index (χ4v) is 2.63. The van der Waals surface area contributed by atoms with Crippen LogP contribution in [0.4, 0.5) is 4.79 Å². The number of benzene rings is 2. The first-order chi connectivity index (χ1) is 11.5. The number of urea groups is 1. The Kier molecular flexibility index (Phi) is 6.21. The fraction of sp³-hybridized carbons (Fsp3) is 0.222. The maximum absolute atomic E-state index is 12.4. The first-order valence-electron chi connectivity index (χ1n) is 7.52. The maximum Gasteiger partial charge on any atom is 0.329 e. The lowest BCUT2D eigenvalue weighted by Crippen LogP contribution is -2.46. The summed E-state index contributed by atoms with van der Waals surface area (Å²) in [5.74, 6) is -0.565. The number of carbonyl (C=O) groups excluding carboxylic acids is 2. The standard InChI is InChI=1S/C18H19ClN2O3/c1-12(14-9-5-6-10-15(14)19)24-17(22)16(21-18(20)23)11-13-7-3-2-4-8-13/h2-10,12,16H,11H2,1H3,(H3,20,21,23)/t12-,16+/m1/s1. The van der Waals surface area contributed by atoms with Gasteiger partial charge in [-0.3, -0.25) is 0 Å². The van der Waals surface area contributed by atoms with Crippen LogP contribution in [0.25, 0.3) is 0 Å². The molecule has 2 atom stereocenters. The van der Waals surface area contributed by atoms with Crippen molar-refractivity contribution in [3.8, 4) is 0 Å². The molecule has 2 aromatic carbocycles. The van der Waals surface area contributed by atoms with E-state index in [1.807, 2.05) is 36.4 Å². The Hall–Kier alpha value is -2.53. The topological polar surface area (TPSA) is 81.4 Å². The Morgan fingerprint density at radius 1 is 1.12 bits per heavy atom. The molecule has 2 rings (SSSR count). The molecule has 0 fully saturated rings. The minimum atomic E-state index is -0.866. The Balaban J connectivity index is 2.09. The Labute approximate surface area is 145 Å². The van der Waals surface area contributed by atoms with Gasteiger partial charge in [0, 0.05) is 17.0 Å². The third-order valence-electron chi connectivity index (χ3n) is 3.52. The number of carbonyl (C=O) groups is 2. The summed E-state index contributed by atoms with van der Waals surface area (Å²) in [6.45, 7) is 1.73. The van der Waals surface area contributed by atoms with Crippen molar-refractivity contribution in [3.63, 3.8) is 0 Å². The van der Waals surface area contributed by atoms with E-state index in [1.165, 1.54) is 0 Å². The lowest BCUT2D eigenvalue weighted by molar-refractivity contribution is -0.150. The zero-order chi connectivity index (χ0) is 17.5. The van der Waals surface area contributed by atoms with E-state index < -0.39 is 24.1 Å². The van der Waals surface area contributed by atoms with E-state index in [-0.39, 0.29) is 6.42 Å². The van der Waals surface area contributed by atoms with E-state index in [0.717, 1.165) is 5.56 Å². The van der Waals surface area contributed by atoms with Gasteiger partial charge in [-0.25, -0.2) is 9.59 Å². The molecule has 126 valence electrons. The van der Waals surface area contributed by atoms with E-state index in [0.29, 0.717) is 10.6 Å². The average molecular weight is 347 g/mol. The molecule has 0 saturated heterocycles. The van der Waals surface area contributed by atoms with Gasteiger partial charge >= 0.3 is 12.0 Å². The molecule has 0 aliphatic heterocycles. The number of primary amides is 1. The van der Waals surface area contributed by atoms with Crippen molar-refractivity contribution < 1.29 is 14.3 Å². The summed E-state index contributed by atoms with van der Waals surface area (Å²) in [5, 5.41) is 2.95. The summed E-state index contributed by atoms with van der Waals surface area (Å²) in [6.07, 6.45) is -0.253. The second-order valence-electron chi connectivity index (χ2n) is 5.35. The number of nitrogens with one attached hydrogen (secondary N) is 1. The molecule has 0 aliphatic rings. The summed E-state index contributed by atoms with van der Waals surface area (Å²) in [4.78, 5) is 23.6. The Morgan fingerprint density at radius 3 is 2.38 bits per heavy atom. The highest BCUT2D eigenvalue weighted by molar-refractivity contribution is 6.31. The van der Waals surface area contributed by atoms with Crippen LogP contribution >= 0.6 is 11.6 Å². The number of halogens is 1. The molecule has 0 heterocycles. The molecular weight excluding hydrogens is 328 g/mol. The molecule has 24 heavy (non-hydrogen) atoms. The molecule has 0 unspecified atom stereocenters. The van der Waals surface area contributed by atoms with Crippen LogP contribution in [0, 0.1) is 0 Å². The van der Waals surface area contributed by atoms with Crippen LogP contribution in [0.15, 0.2) is 54.6 Å². The van der Waals surface area contributed by atoms with E-state index >= 15 is 0 Å². The molecule has 0 aliphatic carbocycles. The molecule has 6 heteroatoms. The molecule has 0 aromatic heterocycles. The molecular formula is C18H19ClN2O3. The Morgan fingerprint density at radius 2 is 1.75 bits per heavy atom. The number of hydrogen-bond donors (Lipinski definition) is 2. The number of nitrogens with two attached hydrogens (primary N) is 1. The average Bonchev–Trinajstić information content (AvgIpc) is 2.55. The highest BCUT2D eigenvalue weighted by atomic mass is 35.5. The van der Waals surface area contributed by atoms with Gasteiger partial charge in [-0.05, 0) is 18.6 Å². The van der Waals surface area contributed by atoms with Crippen LogP contribution in [0.2, 0.25) is 5.02 Å². The van der Waals surface area contributed by atoms with E-state index in [1.54, 1.807) is 25.1 Å². The zero-order valence-corrected chi connectivity index (χ0v) is 14.0. The van der Waals surface area contributed by atoms with E-state index in [9.17, 15) is 9.59 Å². The van der Waals surface area contributed by atoms with Crippen LogP contribution < -0.4 is 11.1 Å². The number of hydrogen-bond acceptors (Lipinski definition) is 3. The summed E-state index contributed by atoms with van der Waals surface area (Å²) >= 11 is 6.12. The van der Waals surface area contributed by atoms with Crippen LogP contribution in [0.3, 0.4) is 0 Å². The lowest BCUT2D eigenvalue weighted by Gasteiger charge is -2.20. The zero-order valence-electron chi connectivity index (χ0n) is 13.2. The van der Waals surface area contributed by atoms with Gasteiger partial charge < -0.3 is 15.8 Å². The normalized spacial score (nSPS) is 12.9. The summed E-state index contributed by atoms with van der Waals surface area (Å²) < 4.78 is 5.46. The maximum atomic E-state index is 12.4. The molecule has 0 radical (unpaired) electrons. The highest BCUT2D eigenvalue weighted by Crippen LogP contribution is 2.25. The molecule has 5 nitrogen and oxygen atoms in total. The molecule has 0 bridgehead atoms. The van der Waals surface area contributed by atoms with Crippen molar-refractivity contribution >= 4 is 23.6 Å². The van der Waals surface area contributed by atoms with Gasteiger partial charge in [0.15, 0.2) is 0 Å². The lowest BCUT2D eigenvalue weighted by atomic mass is 10.1. The van der Waals surface area contributed by atoms with Crippen molar-refractivity contribution in [1.82, 2.24) is 5.32 Å². The smallest absolute Gasteiger partial charge is 0.329 e. The predicted molar refractivity (Wildman–Crippen MR) is 92.6 cm³/mol. The minimum Gasteiger partial charge on any atom is -0.456 e. The SMILES string of the molecule is C[C@@H](OC(=O)[C@H](Cc1ccccc1)NC(N)=O)c1ccccc1Cl.